The molecule has 0 bridgehead atoms. The van der Waals surface area contributed by atoms with Crippen molar-refractivity contribution in [3.8, 4) is 11.5 Å². The van der Waals surface area contributed by atoms with Gasteiger partial charge in [-0.2, -0.15) is 0 Å². The molecule has 0 aromatic heterocycles. The lowest BCUT2D eigenvalue weighted by Gasteiger charge is -2.16. The third-order valence-corrected chi connectivity index (χ3v) is 5.11. The number of ether oxygens (including phenoxy) is 2. The molecule has 1 N–H and O–H groups in total. The van der Waals surface area contributed by atoms with Crippen LogP contribution in [0.1, 0.15) is 23.6 Å². The predicted molar refractivity (Wildman–Crippen MR) is 120 cm³/mol. The third kappa shape index (κ3) is 5.87. The summed E-state index contributed by atoms with van der Waals surface area (Å²) in [5, 5.41) is 3.90. The number of hydrogen-bond acceptors (Lipinski definition) is 3. The summed E-state index contributed by atoms with van der Waals surface area (Å²) in [7, 11) is 0. The topological polar surface area (TPSA) is 30.5 Å². The van der Waals surface area contributed by atoms with Gasteiger partial charge in [0, 0.05) is 16.7 Å². The fraction of sp³-hybridized carbons (Fsp3) is 0.217. The van der Waals surface area contributed by atoms with Crippen molar-refractivity contribution < 1.29 is 13.9 Å². The van der Waals surface area contributed by atoms with Crippen molar-refractivity contribution in [2.45, 2.75) is 27.0 Å². The Morgan fingerprint density at radius 3 is 2.45 bits per heavy atom. The first kappa shape index (κ1) is 21.5. The Hall–Kier alpha value is -2.24. The van der Waals surface area contributed by atoms with Gasteiger partial charge in [-0.25, -0.2) is 4.39 Å². The molecular weight excluding hydrogens is 457 g/mol. The minimum Gasteiger partial charge on any atom is -0.490 e. The summed E-state index contributed by atoms with van der Waals surface area (Å²) < 4.78 is 25.8. The lowest BCUT2D eigenvalue weighted by atomic mass is 10.1. The van der Waals surface area contributed by atoms with Gasteiger partial charge in [0.05, 0.1) is 11.6 Å². The van der Waals surface area contributed by atoms with Gasteiger partial charge in [0.25, 0.3) is 0 Å². The molecule has 0 amide bonds. The molecule has 3 rings (SSSR count). The molecule has 0 unspecified atom stereocenters. The Morgan fingerprint density at radius 2 is 1.76 bits per heavy atom. The zero-order valence-corrected chi connectivity index (χ0v) is 18.6. The first-order valence-corrected chi connectivity index (χ1v) is 10.5. The first-order valence-electron chi connectivity index (χ1n) is 9.28. The Labute approximate surface area is 183 Å². The van der Waals surface area contributed by atoms with E-state index in [2.05, 4.69) is 34.2 Å². The van der Waals surface area contributed by atoms with Gasteiger partial charge in [0.2, 0.25) is 0 Å². The van der Waals surface area contributed by atoms with E-state index in [4.69, 9.17) is 21.1 Å². The molecular formula is C23H22BrClFNO2. The Morgan fingerprint density at radius 1 is 1.00 bits per heavy atom. The van der Waals surface area contributed by atoms with E-state index in [1.54, 1.807) is 12.1 Å². The highest BCUT2D eigenvalue weighted by molar-refractivity contribution is 9.10. The second kappa shape index (κ2) is 9.99. The molecule has 0 aliphatic rings. The summed E-state index contributed by atoms with van der Waals surface area (Å²) in [4.78, 5) is 0. The Balaban J connectivity index is 1.75. The van der Waals surface area contributed by atoms with E-state index in [-0.39, 0.29) is 12.4 Å². The maximum absolute atomic E-state index is 13.1. The van der Waals surface area contributed by atoms with Crippen LogP contribution in [0, 0.1) is 12.7 Å². The second-order valence-corrected chi connectivity index (χ2v) is 7.89. The molecule has 0 fully saturated rings. The van der Waals surface area contributed by atoms with E-state index in [9.17, 15) is 4.39 Å². The van der Waals surface area contributed by atoms with E-state index in [0.717, 1.165) is 26.9 Å². The van der Waals surface area contributed by atoms with Crippen molar-refractivity contribution in [2.24, 2.45) is 0 Å². The lowest BCUT2D eigenvalue weighted by Crippen LogP contribution is -2.04. The van der Waals surface area contributed by atoms with Crippen LogP contribution in [0.15, 0.2) is 59.1 Å². The van der Waals surface area contributed by atoms with E-state index < -0.39 is 0 Å². The molecule has 3 aromatic carbocycles. The fourth-order valence-electron chi connectivity index (χ4n) is 2.89. The van der Waals surface area contributed by atoms with Crippen LogP contribution < -0.4 is 14.8 Å². The van der Waals surface area contributed by atoms with Gasteiger partial charge < -0.3 is 14.8 Å². The van der Waals surface area contributed by atoms with Crippen LogP contribution in [0.2, 0.25) is 5.02 Å². The molecule has 6 heteroatoms. The van der Waals surface area contributed by atoms with Gasteiger partial charge in [0.15, 0.2) is 11.5 Å². The van der Waals surface area contributed by atoms with Crippen molar-refractivity contribution in [3.05, 3.63) is 86.6 Å². The molecule has 29 heavy (non-hydrogen) atoms. The van der Waals surface area contributed by atoms with E-state index in [1.807, 2.05) is 31.2 Å². The summed E-state index contributed by atoms with van der Waals surface area (Å²) in [5.74, 6) is 0.799. The van der Waals surface area contributed by atoms with E-state index in [0.29, 0.717) is 29.7 Å². The lowest BCUT2D eigenvalue weighted by molar-refractivity contribution is 0.269. The van der Waals surface area contributed by atoms with Crippen molar-refractivity contribution in [2.75, 3.05) is 11.9 Å². The first-order chi connectivity index (χ1) is 14.0. The molecule has 0 radical (unpaired) electrons. The highest BCUT2D eigenvalue weighted by atomic mass is 79.9. The average Bonchev–Trinajstić information content (AvgIpc) is 2.68. The normalized spacial score (nSPS) is 10.7. The largest absolute Gasteiger partial charge is 0.490 e. The van der Waals surface area contributed by atoms with Crippen molar-refractivity contribution in [1.29, 1.82) is 0 Å². The van der Waals surface area contributed by atoms with Gasteiger partial charge in [-0.15, -0.1) is 0 Å². The van der Waals surface area contributed by atoms with Crippen LogP contribution in [0.5, 0.6) is 11.5 Å². The SMILES string of the molecule is CCOc1cc(CNc2ccc(Br)cc2C)cc(Cl)c1OCc1ccc(F)cc1. The number of hydrogen-bond donors (Lipinski definition) is 1. The summed E-state index contributed by atoms with van der Waals surface area (Å²) >= 11 is 9.97. The van der Waals surface area contributed by atoms with Gasteiger partial charge in [0.1, 0.15) is 12.4 Å². The molecule has 0 aliphatic carbocycles. The molecule has 0 saturated carbocycles. The third-order valence-electron chi connectivity index (χ3n) is 4.34. The number of aryl methyl sites for hydroxylation is 1. The van der Waals surface area contributed by atoms with Gasteiger partial charge in [-0.1, -0.05) is 39.7 Å². The fourth-order valence-corrected chi connectivity index (χ4v) is 3.65. The van der Waals surface area contributed by atoms with Crippen LogP contribution >= 0.6 is 27.5 Å². The van der Waals surface area contributed by atoms with Crippen LogP contribution in [-0.2, 0) is 13.2 Å². The standard InChI is InChI=1S/C23H22BrClFNO2/c1-3-28-22-12-17(13-27-21-9-6-18(24)10-15(21)2)11-20(25)23(22)29-14-16-4-7-19(26)8-5-16/h4-12,27H,3,13-14H2,1-2H3. The molecule has 0 atom stereocenters. The quantitative estimate of drug-likeness (QED) is 0.373. The van der Waals surface area contributed by atoms with E-state index in [1.165, 1.54) is 12.1 Å². The van der Waals surface area contributed by atoms with Gasteiger partial charge in [-0.3, -0.25) is 0 Å². The number of halogens is 3. The minimum atomic E-state index is -0.278. The molecule has 3 nitrogen and oxygen atoms in total. The van der Waals surface area contributed by atoms with Crippen molar-refractivity contribution >= 4 is 33.2 Å². The summed E-state index contributed by atoms with van der Waals surface area (Å²) in [6.45, 7) is 5.33. The highest BCUT2D eigenvalue weighted by Crippen LogP contribution is 2.37. The van der Waals surface area contributed by atoms with Crippen molar-refractivity contribution in [3.63, 3.8) is 0 Å². The minimum absolute atomic E-state index is 0.274. The summed E-state index contributed by atoms with van der Waals surface area (Å²) in [6.07, 6.45) is 0. The van der Waals surface area contributed by atoms with Crippen molar-refractivity contribution in [1.82, 2.24) is 0 Å². The molecule has 0 heterocycles. The molecule has 0 saturated heterocycles. The molecule has 0 aliphatic heterocycles. The summed E-state index contributed by atoms with van der Waals surface area (Å²) in [5.41, 5.74) is 4.03. The number of nitrogens with one attached hydrogen (secondary N) is 1. The number of rotatable bonds is 8. The highest BCUT2D eigenvalue weighted by Gasteiger charge is 2.13. The smallest absolute Gasteiger partial charge is 0.180 e. The Kier molecular flexibility index (Phi) is 7.40. The summed E-state index contributed by atoms with van der Waals surface area (Å²) in [6, 6.07) is 16.1. The zero-order chi connectivity index (χ0) is 20.8. The molecule has 3 aromatic rings. The number of anilines is 1. The maximum Gasteiger partial charge on any atom is 0.180 e. The predicted octanol–water partition coefficient (Wildman–Crippen LogP) is 7.14. The number of benzene rings is 3. The van der Waals surface area contributed by atoms with Crippen LogP contribution in [-0.4, -0.2) is 6.61 Å². The molecule has 152 valence electrons. The maximum atomic E-state index is 13.1. The van der Waals surface area contributed by atoms with Gasteiger partial charge >= 0.3 is 0 Å². The second-order valence-electron chi connectivity index (χ2n) is 6.57. The van der Waals surface area contributed by atoms with E-state index >= 15 is 0 Å². The molecule has 0 spiro atoms. The Bertz CT molecular complexity index is 979. The zero-order valence-electron chi connectivity index (χ0n) is 16.3. The average molecular weight is 479 g/mol. The van der Waals surface area contributed by atoms with Gasteiger partial charge in [-0.05, 0) is 73.0 Å². The van der Waals surface area contributed by atoms with Crippen LogP contribution in [0.25, 0.3) is 0 Å². The van der Waals surface area contributed by atoms with Crippen LogP contribution in [0.4, 0.5) is 10.1 Å². The monoisotopic (exact) mass is 477 g/mol. The van der Waals surface area contributed by atoms with Crippen LogP contribution in [0.3, 0.4) is 0 Å².